The lowest BCUT2D eigenvalue weighted by molar-refractivity contribution is 0.102. The van der Waals surface area contributed by atoms with Gasteiger partial charge in [0, 0.05) is 27.9 Å². The molecule has 3 aromatic rings. The number of ketones is 1. The van der Waals surface area contributed by atoms with Crippen LogP contribution in [0.3, 0.4) is 0 Å². The molecule has 0 unspecified atom stereocenters. The number of carbonyl (C=O) groups is 1. The predicted molar refractivity (Wildman–Crippen MR) is 91.5 cm³/mol. The van der Waals surface area contributed by atoms with E-state index in [2.05, 4.69) is 5.16 Å². The van der Waals surface area contributed by atoms with Crippen molar-refractivity contribution in [2.75, 3.05) is 5.75 Å². The van der Waals surface area contributed by atoms with E-state index in [4.69, 9.17) is 4.52 Å². The van der Waals surface area contributed by atoms with E-state index in [0.717, 1.165) is 23.5 Å². The normalized spacial score (nSPS) is 11.1. The molecule has 3 rings (SSSR count). The number of hydrogen-bond donors (Lipinski definition) is 0. The molecule has 0 spiro atoms. The van der Waals surface area contributed by atoms with Gasteiger partial charge in [0.25, 0.3) is 0 Å². The van der Waals surface area contributed by atoms with Crippen LogP contribution in [0, 0.1) is 32.4 Å². The molecule has 2 aromatic heterocycles. The van der Waals surface area contributed by atoms with E-state index in [9.17, 15) is 13.6 Å². The van der Waals surface area contributed by atoms with Gasteiger partial charge in [-0.05, 0) is 45.0 Å². The number of hydrogen-bond acceptors (Lipinski definition) is 4. The zero-order valence-corrected chi connectivity index (χ0v) is 14.8. The number of benzene rings is 1. The summed E-state index contributed by atoms with van der Waals surface area (Å²) in [6.07, 6.45) is 0. The van der Waals surface area contributed by atoms with E-state index >= 15 is 0 Å². The van der Waals surface area contributed by atoms with Gasteiger partial charge in [0.1, 0.15) is 5.76 Å². The Hall–Kier alpha value is -2.41. The van der Waals surface area contributed by atoms with Crippen molar-refractivity contribution < 1.29 is 18.1 Å². The number of nitrogens with zero attached hydrogens (tertiary/aromatic N) is 2. The van der Waals surface area contributed by atoms with Gasteiger partial charge in [0.05, 0.1) is 5.75 Å². The van der Waals surface area contributed by atoms with Crippen molar-refractivity contribution in [2.24, 2.45) is 0 Å². The number of Topliss-reactive ketones (excluding diaryl/α,β-unsaturated/α-hetero) is 1. The number of halogens is 2. The van der Waals surface area contributed by atoms with Crippen LogP contribution >= 0.6 is 11.8 Å². The van der Waals surface area contributed by atoms with E-state index in [1.807, 2.05) is 18.4 Å². The molecule has 0 amide bonds. The molecule has 1 aromatic carbocycles. The monoisotopic (exact) mass is 362 g/mol. The highest BCUT2D eigenvalue weighted by atomic mass is 32.2. The van der Waals surface area contributed by atoms with Gasteiger partial charge >= 0.3 is 0 Å². The average Bonchev–Trinajstić information content (AvgIpc) is 3.11. The van der Waals surface area contributed by atoms with Crippen molar-refractivity contribution in [3.8, 4) is 5.82 Å². The number of aromatic nitrogens is 2. The van der Waals surface area contributed by atoms with Crippen LogP contribution in [-0.2, 0) is 0 Å². The Labute approximate surface area is 147 Å². The Kier molecular flexibility index (Phi) is 4.76. The molecule has 0 saturated heterocycles. The van der Waals surface area contributed by atoms with Gasteiger partial charge in [-0.15, -0.1) is 11.8 Å². The third-order valence-corrected chi connectivity index (χ3v) is 4.83. The van der Waals surface area contributed by atoms with Crippen molar-refractivity contribution in [1.82, 2.24) is 9.72 Å². The highest BCUT2D eigenvalue weighted by molar-refractivity contribution is 8.00. The fourth-order valence-corrected chi connectivity index (χ4v) is 3.45. The molecule has 0 atom stereocenters. The van der Waals surface area contributed by atoms with E-state index < -0.39 is 11.6 Å². The average molecular weight is 362 g/mol. The van der Waals surface area contributed by atoms with Gasteiger partial charge in [-0.1, -0.05) is 5.16 Å². The summed E-state index contributed by atoms with van der Waals surface area (Å²) in [5, 5.41) is 3.99. The summed E-state index contributed by atoms with van der Waals surface area (Å²) in [5.41, 5.74) is 2.21. The molecule has 0 N–H and O–H groups in total. The molecule has 7 heteroatoms. The number of rotatable bonds is 5. The largest absolute Gasteiger partial charge is 0.360 e. The Morgan fingerprint density at radius 2 is 1.92 bits per heavy atom. The summed E-state index contributed by atoms with van der Waals surface area (Å²) < 4.78 is 33.2. The van der Waals surface area contributed by atoms with E-state index in [1.54, 1.807) is 19.1 Å². The van der Waals surface area contributed by atoms with Crippen LogP contribution in [0.25, 0.3) is 5.82 Å². The summed E-state index contributed by atoms with van der Waals surface area (Å²) in [6, 6.07) is 7.20. The van der Waals surface area contributed by atoms with E-state index in [-0.39, 0.29) is 11.5 Å². The summed E-state index contributed by atoms with van der Waals surface area (Å²) >= 11 is 1.17. The summed E-state index contributed by atoms with van der Waals surface area (Å²) in [7, 11) is 0. The van der Waals surface area contributed by atoms with E-state index in [0.29, 0.717) is 22.0 Å². The van der Waals surface area contributed by atoms with Crippen molar-refractivity contribution in [3.63, 3.8) is 0 Å². The summed E-state index contributed by atoms with van der Waals surface area (Å²) in [4.78, 5) is 13.1. The smallest absolute Gasteiger partial charge is 0.180 e. The molecule has 0 aliphatic heterocycles. The molecule has 0 aliphatic rings. The molecule has 4 nitrogen and oxygen atoms in total. The molecule has 0 fully saturated rings. The molecule has 0 aliphatic carbocycles. The Morgan fingerprint density at radius 3 is 2.56 bits per heavy atom. The third kappa shape index (κ3) is 3.51. The minimum Gasteiger partial charge on any atom is -0.360 e. The van der Waals surface area contributed by atoms with Crippen LogP contribution in [-0.4, -0.2) is 21.3 Å². The molecule has 0 saturated carbocycles. The van der Waals surface area contributed by atoms with Gasteiger partial charge in [-0.3, -0.25) is 9.36 Å². The van der Waals surface area contributed by atoms with E-state index in [1.165, 1.54) is 17.8 Å². The van der Waals surface area contributed by atoms with Crippen LogP contribution in [0.15, 0.2) is 39.8 Å². The molecular weight excluding hydrogens is 346 g/mol. The second-order valence-electron chi connectivity index (χ2n) is 5.70. The quantitative estimate of drug-likeness (QED) is 0.490. The SMILES string of the molecule is Cc1cc(-n2c(C)cc(C(=O)CSc3ccc(F)c(F)c3)c2C)no1. The van der Waals surface area contributed by atoms with Crippen molar-refractivity contribution >= 4 is 17.5 Å². The first-order valence-electron chi connectivity index (χ1n) is 7.60. The maximum atomic E-state index is 13.2. The van der Waals surface area contributed by atoms with Crippen LogP contribution in [0.1, 0.15) is 27.5 Å². The van der Waals surface area contributed by atoms with Crippen molar-refractivity contribution in [2.45, 2.75) is 25.7 Å². The zero-order valence-electron chi connectivity index (χ0n) is 14.0. The van der Waals surface area contributed by atoms with Gasteiger partial charge in [-0.2, -0.15) is 0 Å². The maximum Gasteiger partial charge on any atom is 0.180 e. The van der Waals surface area contributed by atoms with Gasteiger partial charge in [-0.25, -0.2) is 8.78 Å². The standard InChI is InChI=1S/C18H16F2N2O2S/c1-10-6-14(12(3)22(10)18-7-11(2)24-21-18)17(23)9-25-13-4-5-15(19)16(20)8-13/h4-8H,9H2,1-3H3. The lowest BCUT2D eigenvalue weighted by atomic mass is 10.2. The first kappa shape index (κ1) is 17.4. The number of thioether (sulfide) groups is 1. The lowest BCUT2D eigenvalue weighted by Crippen LogP contribution is -2.05. The molecule has 0 bridgehead atoms. The molecule has 130 valence electrons. The summed E-state index contributed by atoms with van der Waals surface area (Å²) in [6.45, 7) is 5.53. The molecule has 2 heterocycles. The minimum atomic E-state index is -0.919. The van der Waals surface area contributed by atoms with Crippen LogP contribution in [0.5, 0.6) is 0 Å². The van der Waals surface area contributed by atoms with Gasteiger partial charge in [0.15, 0.2) is 23.2 Å². The Morgan fingerprint density at radius 1 is 1.16 bits per heavy atom. The highest BCUT2D eigenvalue weighted by Crippen LogP contribution is 2.25. The Balaban J connectivity index is 1.79. The summed E-state index contributed by atoms with van der Waals surface area (Å²) in [5.74, 6) is -0.467. The second-order valence-corrected chi connectivity index (χ2v) is 6.75. The second kappa shape index (κ2) is 6.84. The van der Waals surface area contributed by atoms with Gasteiger partial charge < -0.3 is 4.52 Å². The minimum absolute atomic E-state index is 0.0886. The van der Waals surface area contributed by atoms with Gasteiger partial charge in [0.2, 0.25) is 0 Å². The fraction of sp³-hybridized carbons (Fsp3) is 0.222. The first-order chi connectivity index (χ1) is 11.9. The molecule has 0 radical (unpaired) electrons. The maximum absolute atomic E-state index is 13.2. The Bertz CT molecular complexity index is 947. The lowest BCUT2D eigenvalue weighted by Gasteiger charge is -2.05. The van der Waals surface area contributed by atoms with Crippen LogP contribution in [0.4, 0.5) is 8.78 Å². The highest BCUT2D eigenvalue weighted by Gasteiger charge is 2.18. The number of aryl methyl sites for hydroxylation is 2. The van der Waals surface area contributed by atoms with Crippen LogP contribution in [0.2, 0.25) is 0 Å². The third-order valence-electron chi connectivity index (χ3n) is 3.84. The number of carbonyl (C=O) groups excluding carboxylic acids is 1. The predicted octanol–water partition coefficient (Wildman–Crippen LogP) is 4.64. The first-order valence-corrected chi connectivity index (χ1v) is 8.59. The van der Waals surface area contributed by atoms with Crippen LogP contribution < -0.4 is 0 Å². The topological polar surface area (TPSA) is 48.0 Å². The van der Waals surface area contributed by atoms with Crippen molar-refractivity contribution in [1.29, 1.82) is 0 Å². The zero-order chi connectivity index (χ0) is 18.1. The molecule has 25 heavy (non-hydrogen) atoms. The fourth-order valence-electron chi connectivity index (χ4n) is 2.65. The molecular formula is C18H16F2N2O2S. The van der Waals surface area contributed by atoms with Crippen molar-refractivity contribution in [3.05, 3.63) is 64.7 Å².